The molecule has 1 aromatic carbocycles. The maximum Gasteiger partial charge on any atom is 0.128 e. The molecule has 2 rings (SSSR count). The Morgan fingerprint density at radius 3 is 2.58 bits per heavy atom. The summed E-state index contributed by atoms with van der Waals surface area (Å²) in [6.07, 6.45) is 0. The van der Waals surface area contributed by atoms with E-state index in [1.54, 1.807) is 6.07 Å². The summed E-state index contributed by atoms with van der Waals surface area (Å²) in [5.41, 5.74) is 5.50. The third-order valence-corrected chi connectivity index (χ3v) is 6.73. The lowest BCUT2D eigenvalue weighted by molar-refractivity contribution is 0.491. The highest BCUT2D eigenvalue weighted by molar-refractivity contribution is 8.07. The molecule has 1 aliphatic heterocycles. The first-order chi connectivity index (χ1) is 9.04. The predicted octanol–water partition coefficient (Wildman–Crippen LogP) is 3.18. The molecule has 1 aliphatic rings. The maximum atomic E-state index is 14.3. The van der Waals surface area contributed by atoms with E-state index in [-0.39, 0.29) is 11.9 Å². The molecule has 1 saturated heterocycles. The van der Waals surface area contributed by atoms with Crippen LogP contribution in [-0.2, 0) is 0 Å². The van der Waals surface area contributed by atoms with Crippen molar-refractivity contribution in [3.8, 4) is 0 Å². The van der Waals surface area contributed by atoms with E-state index >= 15 is 0 Å². The molecule has 0 saturated carbocycles. The Morgan fingerprint density at radius 2 is 2.00 bits per heavy atom. The lowest BCUT2D eigenvalue weighted by atomic mass is 9.95. The standard InChI is InChI=1S/C14H21FN2S2/c1-8-6-9(2)12(11(15)7-8)13(17-16)14-10(3)18-4-5-19-14/h6-7,10,13-14,17H,4-5,16H2,1-3H3. The van der Waals surface area contributed by atoms with E-state index in [0.29, 0.717) is 10.5 Å². The zero-order valence-electron chi connectivity index (χ0n) is 11.6. The Kier molecular flexibility index (Phi) is 5.17. The summed E-state index contributed by atoms with van der Waals surface area (Å²) < 4.78 is 14.3. The Bertz CT molecular complexity index is 430. The zero-order chi connectivity index (χ0) is 14.0. The SMILES string of the molecule is Cc1cc(C)c(C(NN)C2SCCSC2C)c(F)c1. The van der Waals surface area contributed by atoms with Crippen LogP contribution in [0.15, 0.2) is 12.1 Å². The summed E-state index contributed by atoms with van der Waals surface area (Å²) >= 11 is 3.83. The number of aryl methyl sites for hydroxylation is 2. The number of benzene rings is 1. The Labute approximate surface area is 123 Å². The van der Waals surface area contributed by atoms with Crippen molar-refractivity contribution in [2.24, 2.45) is 5.84 Å². The fourth-order valence-corrected chi connectivity index (χ4v) is 5.59. The number of hydrogen-bond acceptors (Lipinski definition) is 4. The van der Waals surface area contributed by atoms with Gasteiger partial charge in [0, 0.05) is 27.6 Å². The Morgan fingerprint density at radius 1 is 1.32 bits per heavy atom. The lowest BCUT2D eigenvalue weighted by Gasteiger charge is -2.35. The minimum Gasteiger partial charge on any atom is -0.271 e. The molecular formula is C14H21FN2S2. The fraction of sp³-hybridized carbons (Fsp3) is 0.571. The summed E-state index contributed by atoms with van der Waals surface area (Å²) in [4.78, 5) is 0. The largest absolute Gasteiger partial charge is 0.271 e. The summed E-state index contributed by atoms with van der Waals surface area (Å²) in [6, 6.07) is 3.49. The molecule has 0 bridgehead atoms. The van der Waals surface area contributed by atoms with E-state index in [1.165, 1.54) is 0 Å². The van der Waals surface area contributed by atoms with Crippen LogP contribution in [0.2, 0.25) is 0 Å². The van der Waals surface area contributed by atoms with E-state index in [4.69, 9.17) is 5.84 Å². The second-order valence-corrected chi connectivity index (χ2v) is 7.80. The quantitative estimate of drug-likeness (QED) is 0.664. The van der Waals surface area contributed by atoms with Gasteiger partial charge in [-0.1, -0.05) is 13.0 Å². The van der Waals surface area contributed by atoms with Crippen LogP contribution in [-0.4, -0.2) is 22.0 Å². The second-order valence-electron chi connectivity index (χ2n) is 5.03. The number of rotatable bonds is 3. The normalized spacial score (nSPS) is 25.3. The van der Waals surface area contributed by atoms with Gasteiger partial charge < -0.3 is 0 Å². The average Bonchev–Trinajstić information content (AvgIpc) is 2.34. The molecule has 2 nitrogen and oxygen atoms in total. The maximum absolute atomic E-state index is 14.3. The second kappa shape index (κ2) is 6.48. The first-order valence-electron chi connectivity index (χ1n) is 6.50. The van der Waals surface area contributed by atoms with Crippen LogP contribution in [0.25, 0.3) is 0 Å². The predicted molar refractivity (Wildman–Crippen MR) is 84.1 cm³/mol. The van der Waals surface area contributed by atoms with E-state index in [9.17, 15) is 4.39 Å². The monoisotopic (exact) mass is 300 g/mol. The van der Waals surface area contributed by atoms with Gasteiger partial charge in [-0.2, -0.15) is 23.5 Å². The molecular weight excluding hydrogens is 279 g/mol. The number of halogens is 1. The summed E-state index contributed by atoms with van der Waals surface area (Å²) in [6.45, 7) is 6.08. The number of nitrogens with one attached hydrogen (secondary N) is 1. The zero-order valence-corrected chi connectivity index (χ0v) is 13.2. The first-order valence-corrected chi connectivity index (χ1v) is 8.60. The van der Waals surface area contributed by atoms with Crippen LogP contribution in [0.5, 0.6) is 0 Å². The van der Waals surface area contributed by atoms with Gasteiger partial charge in [-0.3, -0.25) is 11.3 Å². The van der Waals surface area contributed by atoms with Crippen molar-refractivity contribution in [1.29, 1.82) is 0 Å². The fourth-order valence-electron chi connectivity index (χ4n) is 2.68. The lowest BCUT2D eigenvalue weighted by Crippen LogP contribution is -2.41. The summed E-state index contributed by atoms with van der Waals surface area (Å²) in [5, 5.41) is 0.777. The van der Waals surface area contributed by atoms with Gasteiger partial charge in [0.2, 0.25) is 0 Å². The van der Waals surface area contributed by atoms with Crippen molar-refractivity contribution in [3.05, 3.63) is 34.6 Å². The van der Waals surface area contributed by atoms with Gasteiger partial charge in [0.25, 0.3) is 0 Å². The molecule has 1 aromatic rings. The number of nitrogens with two attached hydrogens (primary N) is 1. The van der Waals surface area contributed by atoms with Crippen LogP contribution in [0, 0.1) is 19.7 Å². The van der Waals surface area contributed by atoms with Crippen molar-refractivity contribution >= 4 is 23.5 Å². The summed E-state index contributed by atoms with van der Waals surface area (Å²) in [5.74, 6) is 7.85. The Hall–Kier alpha value is -0.230. The van der Waals surface area contributed by atoms with Crippen LogP contribution in [0.1, 0.15) is 29.7 Å². The van der Waals surface area contributed by atoms with Gasteiger partial charge in [0.05, 0.1) is 6.04 Å². The number of hydrazine groups is 1. The van der Waals surface area contributed by atoms with E-state index in [2.05, 4.69) is 12.3 Å². The molecule has 0 amide bonds. The number of hydrogen-bond donors (Lipinski definition) is 2. The molecule has 19 heavy (non-hydrogen) atoms. The third-order valence-electron chi connectivity index (χ3n) is 3.54. The van der Waals surface area contributed by atoms with Crippen molar-refractivity contribution in [1.82, 2.24) is 5.43 Å². The topological polar surface area (TPSA) is 38.0 Å². The van der Waals surface area contributed by atoms with E-state index in [0.717, 1.165) is 28.2 Å². The highest BCUT2D eigenvalue weighted by atomic mass is 32.2. The molecule has 0 radical (unpaired) electrons. The van der Waals surface area contributed by atoms with Crippen LogP contribution in [0.3, 0.4) is 0 Å². The van der Waals surface area contributed by atoms with Gasteiger partial charge in [-0.25, -0.2) is 4.39 Å². The molecule has 0 aliphatic carbocycles. The van der Waals surface area contributed by atoms with E-state index < -0.39 is 0 Å². The average molecular weight is 300 g/mol. The van der Waals surface area contributed by atoms with Crippen LogP contribution in [0.4, 0.5) is 4.39 Å². The van der Waals surface area contributed by atoms with Gasteiger partial charge in [-0.15, -0.1) is 0 Å². The van der Waals surface area contributed by atoms with Crippen LogP contribution < -0.4 is 11.3 Å². The van der Waals surface area contributed by atoms with E-state index in [1.807, 2.05) is 43.4 Å². The smallest absolute Gasteiger partial charge is 0.128 e. The molecule has 106 valence electrons. The molecule has 3 unspecified atom stereocenters. The highest BCUT2D eigenvalue weighted by Gasteiger charge is 2.33. The van der Waals surface area contributed by atoms with Crippen LogP contribution >= 0.6 is 23.5 Å². The molecule has 1 fully saturated rings. The van der Waals surface area contributed by atoms with Gasteiger partial charge >= 0.3 is 0 Å². The first kappa shape index (κ1) is 15.2. The number of thioether (sulfide) groups is 2. The van der Waals surface area contributed by atoms with Gasteiger partial charge in [-0.05, 0) is 31.0 Å². The molecule has 1 heterocycles. The van der Waals surface area contributed by atoms with Crippen molar-refractivity contribution in [2.75, 3.05) is 11.5 Å². The van der Waals surface area contributed by atoms with Gasteiger partial charge in [0.1, 0.15) is 5.82 Å². The van der Waals surface area contributed by atoms with Crippen molar-refractivity contribution < 1.29 is 4.39 Å². The molecule has 5 heteroatoms. The van der Waals surface area contributed by atoms with Crippen molar-refractivity contribution in [3.63, 3.8) is 0 Å². The minimum absolute atomic E-state index is 0.131. The van der Waals surface area contributed by atoms with Crippen molar-refractivity contribution in [2.45, 2.75) is 37.3 Å². The molecule has 0 spiro atoms. The van der Waals surface area contributed by atoms with Gasteiger partial charge in [0.15, 0.2) is 0 Å². The highest BCUT2D eigenvalue weighted by Crippen LogP contribution is 2.39. The minimum atomic E-state index is -0.149. The summed E-state index contributed by atoms with van der Waals surface area (Å²) in [7, 11) is 0. The molecule has 3 atom stereocenters. The molecule has 3 N–H and O–H groups in total. The molecule has 0 aromatic heterocycles. The Balaban J connectivity index is 2.36. The third kappa shape index (κ3) is 3.27.